The lowest BCUT2D eigenvalue weighted by atomic mass is 10.1. The lowest BCUT2D eigenvalue weighted by Crippen LogP contribution is -2.13. The van der Waals surface area contributed by atoms with E-state index in [0.29, 0.717) is 26.4 Å². The number of hydrogen-bond donors (Lipinski definition) is 2. The van der Waals surface area contributed by atoms with Crippen molar-refractivity contribution in [2.75, 3.05) is 4.72 Å². The zero-order chi connectivity index (χ0) is 20.4. The lowest BCUT2D eigenvalue weighted by Gasteiger charge is -2.15. The Balaban J connectivity index is 1.81. The summed E-state index contributed by atoms with van der Waals surface area (Å²) >= 11 is 7.28. The van der Waals surface area contributed by atoms with Gasteiger partial charge in [0.25, 0.3) is 10.0 Å². The Bertz CT molecular complexity index is 1270. The van der Waals surface area contributed by atoms with Crippen molar-refractivity contribution in [3.63, 3.8) is 0 Å². The zero-order valence-corrected chi connectivity index (χ0v) is 17.4. The number of hydrogen-bond acceptors (Lipinski definition) is 4. The minimum Gasteiger partial charge on any atom is -0.506 e. The maximum absolute atomic E-state index is 12.8. The molecule has 0 radical (unpaired) electrons. The summed E-state index contributed by atoms with van der Waals surface area (Å²) in [5, 5.41) is 12.6. The molecule has 0 saturated carbocycles. The van der Waals surface area contributed by atoms with E-state index in [4.69, 9.17) is 11.6 Å². The van der Waals surface area contributed by atoms with Gasteiger partial charge in [-0.05, 0) is 42.5 Å². The van der Waals surface area contributed by atoms with Crippen molar-refractivity contribution in [3.05, 3.63) is 90.0 Å². The normalized spacial score (nSPS) is 11.5. The number of phenols is 1. The van der Waals surface area contributed by atoms with Crippen LogP contribution < -0.4 is 4.72 Å². The number of anilines is 1. The molecule has 0 atom stereocenters. The molecule has 146 valence electrons. The highest BCUT2D eigenvalue weighted by Gasteiger charge is 2.18. The minimum absolute atomic E-state index is 0.100. The molecular formula is C22H16ClNO3S2. The van der Waals surface area contributed by atoms with E-state index in [9.17, 15) is 13.5 Å². The molecule has 2 N–H and O–H groups in total. The van der Waals surface area contributed by atoms with Crippen LogP contribution in [-0.2, 0) is 10.0 Å². The van der Waals surface area contributed by atoms with Gasteiger partial charge >= 0.3 is 0 Å². The highest BCUT2D eigenvalue weighted by molar-refractivity contribution is 7.99. The monoisotopic (exact) mass is 441 g/mol. The zero-order valence-electron chi connectivity index (χ0n) is 15.0. The van der Waals surface area contributed by atoms with Gasteiger partial charge < -0.3 is 5.11 Å². The standard InChI is InChI=1S/C22H16ClNO3S2/c23-15-10-12-16(13-11-15)28-21-14-20(18-8-4-5-9-19(18)22(21)25)24-29(26,27)17-6-2-1-3-7-17/h1-14,24-25H. The van der Waals surface area contributed by atoms with Crippen LogP contribution in [0.15, 0.2) is 99.6 Å². The number of rotatable bonds is 5. The van der Waals surface area contributed by atoms with E-state index in [0.717, 1.165) is 4.90 Å². The molecule has 4 aromatic carbocycles. The van der Waals surface area contributed by atoms with Crippen molar-refractivity contribution in [3.8, 4) is 5.75 Å². The Morgan fingerprint density at radius 3 is 2.14 bits per heavy atom. The molecule has 0 amide bonds. The van der Waals surface area contributed by atoms with Gasteiger partial charge in [-0.15, -0.1) is 0 Å². The second-order valence-corrected chi connectivity index (χ2v) is 9.53. The fourth-order valence-electron chi connectivity index (χ4n) is 2.93. The van der Waals surface area contributed by atoms with Crippen LogP contribution in [0.25, 0.3) is 10.8 Å². The molecular weight excluding hydrogens is 426 g/mol. The third-order valence-corrected chi connectivity index (χ3v) is 6.99. The molecule has 0 heterocycles. The number of halogens is 1. The molecule has 0 aliphatic carbocycles. The Morgan fingerprint density at radius 1 is 0.828 bits per heavy atom. The third-order valence-electron chi connectivity index (χ3n) is 4.32. The van der Waals surface area contributed by atoms with Crippen LogP contribution in [0.2, 0.25) is 5.02 Å². The summed E-state index contributed by atoms with van der Waals surface area (Å²) in [4.78, 5) is 1.58. The quantitative estimate of drug-likeness (QED) is 0.364. The van der Waals surface area contributed by atoms with Crippen molar-refractivity contribution in [2.45, 2.75) is 14.7 Å². The first-order valence-corrected chi connectivity index (χ1v) is 11.4. The predicted molar refractivity (Wildman–Crippen MR) is 118 cm³/mol. The van der Waals surface area contributed by atoms with Crippen molar-refractivity contribution < 1.29 is 13.5 Å². The molecule has 4 nitrogen and oxygen atoms in total. The molecule has 0 saturated heterocycles. The van der Waals surface area contributed by atoms with Gasteiger partial charge in [0, 0.05) is 20.7 Å². The second kappa shape index (κ2) is 7.99. The third kappa shape index (κ3) is 4.19. The number of sulfonamides is 1. The maximum atomic E-state index is 12.8. The molecule has 0 aliphatic rings. The van der Waals surface area contributed by atoms with Crippen LogP contribution in [0.5, 0.6) is 5.75 Å². The first-order chi connectivity index (χ1) is 13.9. The van der Waals surface area contributed by atoms with E-state index in [1.54, 1.807) is 60.7 Å². The molecule has 4 rings (SSSR count). The molecule has 4 aromatic rings. The largest absolute Gasteiger partial charge is 0.506 e. The Labute approximate surface area is 178 Å². The lowest BCUT2D eigenvalue weighted by molar-refractivity contribution is 0.469. The molecule has 0 aromatic heterocycles. The van der Waals surface area contributed by atoms with E-state index in [2.05, 4.69) is 4.72 Å². The van der Waals surface area contributed by atoms with Crippen LogP contribution >= 0.6 is 23.4 Å². The van der Waals surface area contributed by atoms with Crippen molar-refractivity contribution in [2.24, 2.45) is 0 Å². The summed E-state index contributed by atoms with van der Waals surface area (Å²) < 4.78 is 28.4. The van der Waals surface area contributed by atoms with Gasteiger partial charge in [-0.2, -0.15) is 0 Å². The minimum atomic E-state index is -3.77. The Kier molecular flexibility index (Phi) is 5.41. The van der Waals surface area contributed by atoms with Crippen LogP contribution in [0.3, 0.4) is 0 Å². The number of aromatic hydroxyl groups is 1. The molecule has 0 aliphatic heterocycles. The molecule has 29 heavy (non-hydrogen) atoms. The van der Waals surface area contributed by atoms with Crippen molar-refractivity contribution in [1.82, 2.24) is 0 Å². The fourth-order valence-corrected chi connectivity index (χ4v) is 5.06. The van der Waals surface area contributed by atoms with E-state index >= 15 is 0 Å². The van der Waals surface area contributed by atoms with Gasteiger partial charge in [0.2, 0.25) is 0 Å². The summed E-state index contributed by atoms with van der Waals surface area (Å²) in [5.74, 6) is 0.100. The van der Waals surface area contributed by atoms with E-state index in [1.807, 2.05) is 12.1 Å². The highest BCUT2D eigenvalue weighted by atomic mass is 35.5. The smallest absolute Gasteiger partial charge is 0.261 e. The summed E-state index contributed by atoms with van der Waals surface area (Å²) in [5.41, 5.74) is 0.402. The van der Waals surface area contributed by atoms with Gasteiger partial charge in [-0.3, -0.25) is 4.72 Å². The topological polar surface area (TPSA) is 66.4 Å². The number of nitrogens with one attached hydrogen (secondary N) is 1. The first-order valence-electron chi connectivity index (χ1n) is 8.70. The van der Waals surface area contributed by atoms with Gasteiger partial charge in [0.15, 0.2) is 0 Å². The van der Waals surface area contributed by atoms with E-state index < -0.39 is 10.0 Å². The van der Waals surface area contributed by atoms with Crippen molar-refractivity contribution >= 4 is 49.8 Å². The van der Waals surface area contributed by atoms with Gasteiger partial charge in [-0.1, -0.05) is 65.8 Å². The van der Waals surface area contributed by atoms with Gasteiger partial charge in [-0.25, -0.2) is 8.42 Å². The Morgan fingerprint density at radius 2 is 1.45 bits per heavy atom. The fraction of sp³-hybridized carbons (Fsp3) is 0. The van der Waals surface area contributed by atoms with Crippen molar-refractivity contribution in [1.29, 1.82) is 0 Å². The van der Waals surface area contributed by atoms with Gasteiger partial charge in [0.05, 0.1) is 15.5 Å². The summed E-state index contributed by atoms with van der Waals surface area (Å²) in [6, 6.07) is 24.2. The second-order valence-electron chi connectivity index (χ2n) is 6.29. The molecule has 7 heteroatoms. The molecule has 0 spiro atoms. The summed E-state index contributed by atoms with van der Waals surface area (Å²) in [6.07, 6.45) is 0. The average Bonchev–Trinajstić information content (AvgIpc) is 2.73. The molecule has 0 bridgehead atoms. The SMILES string of the molecule is O=S(=O)(Nc1cc(Sc2ccc(Cl)cc2)c(O)c2ccccc12)c1ccccc1. The first kappa shape index (κ1) is 19.6. The predicted octanol–water partition coefficient (Wildman–Crippen LogP) is 6.15. The average molecular weight is 442 g/mol. The van der Waals surface area contributed by atoms with Crippen LogP contribution in [-0.4, -0.2) is 13.5 Å². The van der Waals surface area contributed by atoms with Gasteiger partial charge in [0.1, 0.15) is 5.75 Å². The van der Waals surface area contributed by atoms with E-state index in [-0.39, 0.29) is 10.6 Å². The van der Waals surface area contributed by atoms with Crippen LogP contribution in [0.1, 0.15) is 0 Å². The number of fused-ring (bicyclic) bond motifs is 1. The van der Waals surface area contributed by atoms with E-state index in [1.165, 1.54) is 23.9 Å². The Hall–Kier alpha value is -2.67. The summed E-state index contributed by atoms with van der Waals surface area (Å²) in [7, 11) is -3.77. The van der Waals surface area contributed by atoms with Crippen LogP contribution in [0, 0.1) is 0 Å². The molecule has 0 fully saturated rings. The van der Waals surface area contributed by atoms with Crippen LogP contribution in [0.4, 0.5) is 5.69 Å². The highest BCUT2D eigenvalue weighted by Crippen LogP contribution is 2.43. The molecule has 0 unspecified atom stereocenters. The summed E-state index contributed by atoms with van der Waals surface area (Å²) in [6.45, 7) is 0. The number of benzene rings is 4. The maximum Gasteiger partial charge on any atom is 0.261 e. The number of phenolic OH excluding ortho intramolecular Hbond substituents is 1.